The van der Waals surface area contributed by atoms with E-state index in [-0.39, 0.29) is 5.41 Å². The van der Waals surface area contributed by atoms with Crippen molar-refractivity contribution in [3.63, 3.8) is 0 Å². The zero-order valence-corrected chi connectivity index (χ0v) is 14.4. The maximum absolute atomic E-state index is 4.26. The number of aryl methyl sites for hydroxylation is 1. The van der Waals surface area contributed by atoms with Gasteiger partial charge in [-0.25, -0.2) is 0 Å². The zero-order chi connectivity index (χ0) is 15.2. The molecular formula is C17H33N3. The summed E-state index contributed by atoms with van der Waals surface area (Å²) in [6, 6.07) is 0. The molecule has 0 aliphatic rings. The highest BCUT2D eigenvalue weighted by Gasteiger charge is 2.13. The molecule has 0 unspecified atom stereocenters. The Hall–Kier alpha value is -0.860. The largest absolute Gasteiger partial charge is 0.252 e. The lowest BCUT2D eigenvalue weighted by atomic mass is 9.89. The van der Waals surface area contributed by atoms with E-state index >= 15 is 0 Å². The first kappa shape index (κ1) is 17.2. The van der Waals surface area contributed by atoms with E-state index in [1.54, 1.807) is 0 Å². The second kappa shape index (κ2) is 7.24. The smallest absolute Gasteiger partial charge is 0.0832 e. The lowest BCUT2D eigenvalue weighted by molar-refractivity contribution is 0.355. The Bertz CT molecular complexity index is 380. The molecule has 1 heterocycles. The molecule has 0 atom stereocenters. The summed E-state index contributed by atoms with van der Waals surface area (Å²) in [6.45, 7) is 14.7. The van der Waals surface area contributed by atoms with E-state index in [1.807, 2.05) is 4.68 Å². The van der Waals surface area contributed by atoms with E-state index in [1.165, 1.54) is 32.1 Å². The zero-order valence-electron chi connectivity index (χ0n) is 14.4. The Morgan fingerprint density at radius 2 is 1.55 bits per heavy atom. The number of aromatic nitrogens is 3. The van der Waals surface area contributed by atoms with Crippen LogP contribution in [0.4, 0.5) is 0 Å². The van der Waals surface area contributed by atoms with Crippen molar-refractivity contribution in [2.45, 2.75) is 86.6 Å². The van der Waals surface area contributed by atoms with Crippen molar-refractivity contribution in [1.82, 2.24) is 15.0 Å². The topological polar surface area (TPSA) is 30.7 Å². The van der Waals surface area contributed by atoms with Gasteiger partial charge in [0.25, 0.3) is 0 Å². The summed E-state index contributed by atoms with van der Waals surface area (Å²) < 4.78 is 2.00. The van der Waals surface area contributed by atoms with Crippen LogP contribution in [0.2, 0.25) is 0 Å². The number of rotatable bonds is 7. The lowest BCUT2D eigenvalue weighted by Gasteiger charge is -2.17. The van der Waals surface area contributed by atoms with Gasteiger partial charge in [-0.15, -0.1) is 5.10 Å². The van der Waals surface area contributed by atoms with Crippen molar-refractivity contribution in [2.75, 3.05) is 0 Å². The van der Waals surface area contributed by atoms with Gasteiger partial charge in [0.1, 0.15) is 0 Å². The highest BCUT2D eigenvalue weighted by molar-refractivity contribution is 4.95. The predicted molar refractivity (Wildman–Crippen MR) is 85.7 cm³/mol. The molecule has 0 N–H and O–H groups in total. The van der Waals surface area contributed by atoms with E-state index in [2.05, 4.69) is 58.1 Å². The van der Waals surface area contributed by atoms with Crippen LogP contribution in [0.15, 0.2) is 6.20 Å². The van der Waals surface area contributed by atoms with Crippen molar-refractivity contribution in [2.24, 2.45) is 10.8 Å². The Morgan fingerprint density at radius 3 is 2.15 bits per heavy atom. The third-order valence-corrected chi connectivity index (χ3v) is 3.36. The average molecular weight is 279 g/mol. The van der Waals surface area contributed by atoms with Crippen molar-refractivity contribution in [3.05, 3.63) is 11.9 Å². The van der Waals surface area contributed by atoms with Gasteiger partial charge in [0.2, 0.25) is 0 Å². The van der Waals surface area contributed by atoms with E-state index in [4.69, 9.17) is 0 Å². The normalized spacial score (nSPS) is 12.9. The lowest BCUT2D eigenvalue weighted by Crippen LogP contribution is -2.09. The standard InChI is InChI=1S/C17H33N3/c1-16(2,3)11-9-7-8-10-12-20-14-15(18-19-20)13-17(4,5)6/h14H,7-13H2,1-6H3. The molecule has 0 radical (unpaired) electrons. The second-order valence-corrected chi connectivity index (χ2v) is 8.44. The fourth-order valence-electron chi connectivity index (χ4n) is 2.35. The Morgan fingerprint density at radius 1 is 0.900 bits per heavy atom. The van der Waals surface area contributed by atoms with Gasteiger partial charge in [-0.3, -0.25) is 4.68 Å². The third kappa shape index (κ3) is 8.34. The molecule has 0 saturated heterocycles. The molecule has 3 heteroatoms. The first-order chi connectivity index (χ1) is 9.16. The fourth-order valence-corrected chi connectivity index (χ4v) is 2.35. The average Bonchev–Trinajstić information content (AvgIpc) is 2.66. The van der Waals surface area contributed by atoms with Crippen LogP contribution in [0.25, 0.3) is 0 Å². The first-order valence-corrected chi connectivity index (χ1v) is 8.05. The molecule has 0 saturated carbocycles. The van der Waals surface area contributed by atoms with Crippen LogP contribution in [0, 0.1) is 10.8 Å². The molecule has 0 aliphatic carbocycles. The number of nitrogens with zero attached hydrogens (tertiary/aromatic N) is 3. The molecule has 116 valence electrons. The quantitative estimate of drug-likeness (QED) is 0.667. The van der Waals surface area contributed by atoms with E-state index in [9.17, 15) is 0 Å². The fraction of sp³-hybridized carbons (Fsp3) is 0.882. The van der Waals surface area contributed by atoms with Gasteiger partial charge in [0.15, 0.2) is 0 Å². The second-order valence-electron chi connectivity index (χ2n) is 8.44. The molecule has 0 aromatic carbocycles. The van der Waals surface area contributed by atoms with Crippen LogP contribution >= 0.6 is 0 Å². The van der Waals surface area contributed by atoms with Gasteiger partial charge in [0, 0.05) is 12.7 Å². The maximum Gasteiger partial charge on any atom is 0.0832 e. The van der Waals surface area contributed by atoms with Gasteiger partial charge in [-0.05, 0) is 30.1 Å². The third-order valence-electron chi connectivity index (χ3n) is 3.36. The Kier molecular flexibility index (Phi) is 6.22. The van der Waals surface area contributed by atoms with E-state index in [0.717, 1.165) is 18.7 Å². The molecule has 0 amide bonds. The van der Waals surface area contributed by atoms with Crippen LogP contribution in [-0.4, -0.2) is 15.0 Å². The first-order valence-electron chi connectivity index (χ1n) is 8.05. The SMILES string of the molecule is CC(C)(C)CCCCCCn1cc(CC(C)(C)C)nn1. The summed E-state index contributed by atoms with van der Waals surface area (Å²) in [7, 11) is 0. The number of hydrogen-bond donors (Lipinski definition) is 0. The van der Waals surface area contributed by atoms with Crippen LogP contribution in [0.3, 0.4) is 0 Å². The minimum Gasteiger partial charge on any atom is -0.252 e. The monoisotopic (exact) mass is 279 g/mol. The van der Waals surface area contributed by atoms with E-state index in [0.29, 0.717) is 5.41 Å². The van der Waals surface area contributed by atoms with Crippen LogP contribution in [0.1, 0.15) is 79.3 Å². The summed E-state index contributed by atoms with van der Waals surface area (Å²) in [4.78, 5) is 0. The number of unbranched alkanes of at least 4 members (excludes halogenated alkanes) is 3. The molecule has 1 aromatic heterocycles. The molecule has 0 bridgehead atoms. The minimum atomic E-state index is 0.286. The van der Waals surface area contributed by atoms with Crippen LogP contribution in [-0.2, 0) is 13.0 Å². The summed E-state index contributed by atoms with van der Waals surface area (Å²) in [5.74, 6) is 0. The van der Waals surface area contributed by atoms with Crippen molar-refractivity contribution >= 4 is 0 Å². The number of hydrogen-bond acceptors (Lipinski definition) is 2. The van der Waals surface area contributed by atoms with Gasteiger partial charge in [0.05, 0.1) is 5.69 Å². The van der Waals surface area contributed by atoms with Gasteiger partial charge >= 0.3 is 0 Å². The summed E-state index contributed by atoms with van der Waals surface area (Å²) in [5, 5.41) is 8.49. The molecule has 3 nitrogen and oxygen atoms in total. The van der Waals surface area contributed by atoms with Gasteiger partial charge < -0.3 is 0 Å². The van der Waals surface area contributed by atoms with Crippen molar-refractivity contribution in [1.29, 1.82) is 0 Å². The van der Waals surface area contributed by atoms with Gasteiger partial charge in [-0.1, -0.05) is 66.0 Å². The van der Waals surface area contributed by atoms with Gasteiger partial charge in [-0.2, -0.15) is 0 Å². The Labute approximate surface area is 125 Å². The highest BCUT2D eigenvalue weighted by Crippen LogP contribution is 2.22. The van der Waals surface area contributed by atoms with E-state index < -0.39 is 0 Å². The van der Waals surface area contributed by atoms with Crippen molar-refractivity contribution in [3.8, 4) is 0 Å². The molecule has 0 aliphatic heterocycles. The molecule has 0 spiro atoms. The highest BCUT2D eigenvalue weighted by atomic mass is 15.4. The summed E-state index contributed by atoms with van der Waals surface area (Å²) in [6.07, 6.45) is 9.62. The summed E-state index contributed by atoms with van der Waals surface area (Å²) in [5.41, 5.74) is 1.88. The Balaban J connectivity index is 2.17. The molecule has 1 rings (SSSR count). The maximum atomic E-state index is 4.26. The van der Waals surface area contributed by atoms with Crippen LogP contribution < -0.4 is 0 Å². The molecule has 1 aromatic rings. The molecular weight excluding hydrogens is 246 g/mol. The molecule has 0 fully saturated rings. The molecule has 20 heavy (non-hydrogen) atoms. The predicted octanol–water partition coefficient (Wildman–Crippen LogP) is 4.86. The van der Waals surface area contributed by atoms with Crippen LogP contribution in [0.5, 0.6) is 0 Å². The summed E-state index contributed by atoms with van der Waals surface area (Å²) >= 11 is 0. The van der Waals surface area contributed by atoms with Crippen molar-refractivity contribution < 1.29 is 0 Å². The minimum absolute atomic E-state index is 0.286.